The van der Waals surface area contributed by atoms with Crippen molar-refractivity contribution in [3.05, 3.63) is 12.7 Å². The number of hydrogen-bond acceptors (Lipinski definition) is 10. The average molecular weight is 381 g/mol. The van der Waals surface area contributed by atoms with E-state index >= 15 is 0 Å². The summed E-state index contributed by atoms with van der Waals surface area (Å²) in [5, 5.41) is 33.6. The molecule has 1 fully saturated rings. The lowest BCUT2D eigenvalue weighted by atomic mass is 9.96. The van der Waals surface area contributed by atoms with E-state index in [9.17, 15) is 15.3 Å². The smallest absolute Gasteiger partial charge is 0.168 e. The van der Waals surface area contributed by atoms with Gasteiger partial charge in [-0.1, -0.05) is 0 Å². The van der Waals surface area contributed by atoms with Crippen molar-refractivity contribution in [2.45, 2.75) is 37.3 Å². The Morgan fingerprint density at radius 1 is 1.26 bits per heavy atom. The monoisotopic (exact) mass is 381 g/mol. The first-order chi connectivity index (χ1) is 12.7. The van der Waals surface area contributed by atoms with E-state index in [1.807, 2.05) is 38.0 Å². The number of nitrogens with zero attached hydrogens (tertiary/aromatic N) is 6. The van der Waals surface area contributed by atoms with Crippen LogP contribution in [0.2, 0.25) is 0 Å². The molecular formula is C16H27N7O4. The Morgan fingerprint density at radius 2 is 1.93 bits per heavy atom. The van der Waals surface area contributed by atoms with Gasteiger partial charge < -0.3 is 25.4 Å². The number of hydrogen-bond donors (Lipinski definition) is 4. The number of rotatable bonds is 6. The van der Waals surface area contributed by atoms with Crippen molar-refractivity contribution in [3.63, 3.8) is 0 Å². The fraction of sp³-hybridized carbons (Fsp3) is 0.688. The van der Waals surface area contributed by atoms with Crippen molar-refractivity contribution >= 4 is 17.0 Å². The zero-order valence-electron chi connectivity index (χ0n) is 16.1. The first-order valence-electron chi connectivity index (χ1n) is 8.62. The summed E-state index contributed by atoms with van der Waals surface area (Å²) in [6, 6.07) is 0. The molecule has 2 aromatic heterocycles. The standard InChI is InChI=1S/C16H27N7O4/c1-16(26)11(25)9(6-24)27-14(16)23-8-19-10-12(17-7-18-13(10)23)20-15(21(2)3)22(4)5/h7-9,11,14-15,24-26H,6H2,1-5H3,(H,17,18,20)/t9-,11-,14-,16-/m1/s1. The van der Waals surface area contributed by atoms with Crippen molar-refractivity contribution in [3.8, 4) is 0 Å². The summed E-state index contributed by atoms with van der Waals surface area (Å²) in [6.07, 6.45) is -0.328. The van der Waals surface area contributed by atoms with Gasteiger partial charge in [0.15, 0.2) is 23.2 Å². The molecule has 27 heavy (non-hydrogen) atoms. The molecular weight excluding hydrogens is 354 g/mol. The van der Waals surface area contributed by atoms with Gasteiger partial charge in [0.1, 0.15) is 30.4 Å². The lowest BCUT2D eigenvalue weighted by molar-refractivity contribution is -0.0950. The van der Waals surface area contributed by atoms with E-state index < -0.39 is 30.6 Å². The summed E-state index contributed by atoms with van der Waals surface area (Å²) in [7, 11) is 7.76. The van der Waals surface area contributed by atoms with Crippen LogP contribution in [0.5, 0.6) is 0 Å². The third-order valence-corrected chi connectivity index (χ3v) is 4.79. The Morgan fingerprint density at radius 3 is 2.48 bits per heavy atom. The molecule has 0 spiro atoms. The Balaban J connectivity index is 1.99. The van der Waals surface area contributed by atoms with Gasteiger partial charge in [0, 0.05) is 0 Å². The van der Waals surface area contributed by atoms with Crippen LogP contribution in [-0.4, -0.2) is 104 Å². The summed E-state index contributed by atoms with van der Waals surface area (Å²) in [6.45, 7) is 1.05. The lowest BCUT2D eigenvalue weighted by Gasteiger charge is -2.31. The molecule has 0 saturated carbocycles. The number of aromatic nitrogens is 4. The number of anilines is 1. The average Bonchev–Trinajstić information content (AvgIpc) is 3.12. The van der Waals surface area contributed by atoms with E-state index in [-0.39, 0.29) is 6.29 Å². The minimum absolute atomic E-state index is 0.125. The highest BCUT2D eigenvalue weighted by atomic mass is 16.6. The molecule has 0 bridgehead atoms. The number of nitrogens with one attached hydrogen (secondary N) is 1. The van der Waals surface area contributed by atoms with Gasteiger partial charge in [-0.15, -0.1) is 0 Å². The van der Waals surface area contributed by atoms with E-state index in [2.05, 4.69) is 20.3 Å². The zero-order chi connectivity index (χ0) is 19.9. The highest BCUT2D eigenvalue weighted by Crippen LogP contribution is 2.39. The Labute approximate surface area is 157 Å². The highest BCUT2D eigenvalue weighted by molar-refractivity contribution is 5.82. The molecule has 11 nitrogen and oxygen atoms in total. The first kappa shape index (κ1) is 19.9. The largest absolute Gasteiger partial charge is 0.394 e. The fourth-order valence-electron chi connectivity index (χ4n) is 3.36. The van der Waals surface area contributed by atoms with Crippen LogP contribution >= 0.6 is 0 Å². The fourth-order valence-corrected chi connectivity index (χ4v) is 3.36. The molecule has 1 saturated heterocycles. The molecule has 11 heteroatoms. The molecule has 4 N–H and O–H groups in total. The molecule has 0 aromatic carbocycles. The SMILES string of the molecule is CN(C)C(Nc1ncnc2c1ncn2[C@@H]1O[C@H](CO)[C@@H](O)[C@@]1(C)O)N(C)C. The van der Waals surface area contributed by atoms with Gasteiger partial charge in [-0.05, 0) is 35.1 Å². The van der Waals surface area contributed by atoms with Crippen LogP contribution in [0.3, 0.4) is 0 Å². The lowest BCUT2D eigenvalue weighted by Crippen LogP contribution is -2.46. The minimum atomic E-state index is -1.62. The van der Waals surface area contributed by atoms with Crippen LogP contribution in [0.4, 0.5) is 5.82 Å². The predicted molar refractivity (Wildman–Crippen MR) is 97.7 cm³/mol. The number of imidazole rings is 1. The van der Waals surface area contributed by atoms with Crippen LogP contribution in [0.25, 0.3) is 11.2 Å². The molecule has 2 aromatic rings. The molecule has 4 atom stereocenters. The van der Waals surface area contributed by atoms with Crippen LogP contribution in [0, 0.1) is 0 Å². The third kappa shape index (κ3) is 3.37. The Bertz CT molecular complexity index is 786. The number of aliphatic hydroxyl groups is 3. The molecule has 0 aliphatic carbocycles. The molecule has 3 heterocycles. The van der Waals surface area contributed by atoms with Gasteiger partial charge in [0.25, 0.3) is 0 Å². The Hall–Kier alpha value is -1.89. The maximum absolute atomic E-state index is 10.7. The second-order valence-electron chi connectivity index (χ2n) is 7.37. The van der Waals surface area contributed by atoms with Gasteiger partial charge >= 0.3 is 0 Å². The summed E-state index contributed by atoms with van der Waals surface area (Å²) in [5.41, 5.74) is -0.664. The Kier molecular flexibility index (Phi) is 5.34. The molecule has 0 unspecified atom stereocenters. The molecule has 1 aliphatic rings. The summed E-state index contributed by atoms with van der Waals surface area (Å²) >= 11 is 0. The van der Waals surface area contributed by atoms with Crippen molar-refractivity contribution in [1.29, 1.82) is 0 Å². The van der Waals surface area contributed by atoms with E-state index in [0.29, 0.717) is 17.0 Å². The highest BCUT2D eigenvalue weighted by Gasteiger charge is 2.53. The van der Waals surface area contributed by atoms with Gasteiger partial charge in [-0.25, -0.2) is 15.0 Å². The normalized spacial score (nSPS) is 28.8. The molecule has 0 amide bonds. The van der Waals surface area contributed by atoms with Crippen molar-refractivity contribution in [2.75, 3.05) is 40.1 Å². The third-order valence-electron chi connectivity index (χ3n) is 4.79. The van der Waals surface area contributed by atoms with Crippen LogP contribution < -0.4 is 5.32 Å². The van der Waals surface area contributed by atoms with E-state index in [0.717, 1.165) is 0 Å². The summed E-state index contributed by atoms with van der Waals surface area (Å²) in [5.74, 6) is 0.531. The minimum Gasteiger partial charge on any atom is -0.394 e. The first-order valence-corrected chi connectivity index (χ1v) is 8.62. The second-order valence-corrected chi connectivity index (χ2v) is 7.37. The number of ether oxygens (including phenoxy) is 1. The van der Waals surface area contributed by atoms with Crippen LogP contribution in [0.1, 0.15) is 13.2 Å². The van der Waals surface area contributed by atoms with Crippen molar-refractivity contribution in [1.82, 2.24) is 29.3 Å². The van der Waals surface area contributed by atoms with E-state index in [1.54, 1.807) is 4.57 Å². The second kappa shape index (κ2) is 7.26. The van der Waals surface area contributed by atoms with Gasteiger partial charge in [-0.2, -0.15) is 0 Å². The predicted octanol–water partition coefficient (Wildman–Crippen LogP) is -1.35. The van der Waals surface area contributed by atoms with Crippen LogP contribution in [0.15, 0.2) is 12.7 Å². The van der Waals surface area contributed by atoms with E-state index in [1.165, 1.54) is 19.6 Å². The quantitative estimate of drug-likeness (QED) is 0.445. The van der Waals surface area contributed by atoms with Crippen LogP contribution in [-0.2, 0) is 4.74 Å². The molecule has 0 radical (unpaired) electrons. The topological polar surface area (TPSA) is 132 Å². The van der Waals surface area contributed by atoms with Crippen molar-refractivity contribution < 1.29 is 20.1 Å². The van der Waals surface area contributed by atoms with Gasteiger partial charge in [0.2, 0.25) is 0 Å². The summed E-state index contributed by atoms with van der Waals surface area (Å²) < 4.78 is 7.21. The van der Waals surface area contributed by atoms with Gasteiger partial charge in [0.05, 0.1) is 12.9 Å². The number of aliphatic hydroxyl groups excluding tert-OH is 2. The zero-order valence-corrected chi connectivity index (χ0v) is 16.1. The molecule has 1 aliphatic heterocycles. The molecule has 3 rings (SSSR count). The molecule has 150 valence electrons. The summed E-state index contributed by atoms with van der Waals surface area (Å²) in [4.78, 5) is 16.9. The van der Waals surface area contributed by atoms with E-state index in [4.69, 9.17) is 4.74 Å². The van der Waals surface area contributed by atoms with Crippen molar-refractivity contribution in [2.24, 2.45) is 0 Å². The maximum Gasteiger partial charge on any atom is 0.168 e. The maximum atomic E-state index is 10.7. The van der Waals surface area contributed by atoms with Gasteiger partial charge in [-0.3, -0.25) is 14.4 Å². The number of fused-ring (bicyclic) bond motifs is 1.